The zero-order chi connectivity index (χ0) is 20.3. The average molecular weight is 424 g/mol. The zero-order valence-corrected chi connectivity index (χ0v) is 17.0. The van der Waals surface area contributed by atoms with Crippen LogP contribution < -0.4 is 9.64 Å². The van der Waals surface area contributed by atoms with E-state index in [0.717, 1.165) is 34.9 Å². The Morgan fingerprint density at radius 3 is 2.10 bits per heavy atom. The molecule has 0 spiro atoms. The second kappa shape index (κ2) is 8.15. The number of rotatable bonds is 5. The Hall–Kier alpha value is -3.02. The van der Waals surface area contributed by atoms with Crippen molar-refractivity contribution < 1.29 is 13.2 Å². The smallest absolute Gasteiger partial charge is 0.261 e. The molecule has 0 N–H and O–H groups in total. The van der Waals surface area contributed by atoms with Gasteiger partial charge in [-0.05, 0) is 53.6 Å². The van der Waals surface area contributed by atoms with Crippen molar-refractivity contribution in [3.8, 4) is 22.6 Å². The van der Waals surface area contributed by atoms with E-state index in [-0.39, 0.29) is 4.90 Å². The molecule has 3 aromatic rings. The van der Waals surface area contributed by atoms with Gasteiger partial charge in [-0.1, -0.05) is 48.6 Å². The van der Waals surface area contributed by atoms with E-state index in [9.17, 15) is 8.42 Å². The number of ether oxygens (including phenoxy) is 1. The quantitative estimate of drug-likeness (QED) is 0.475. The highest BCUT2D eigenvalue weighted by Gasteiger charge is 2.12. The van der Waals surface area contributed by atoms with E-state index in [4.69, 9.17) is 15.4 Å². The maximum absolute atomic E-state index is 11.4. The highest BCUT2D eigenvalue weighted by molar-refractivity contribution is 8.13. The molecule has 0 aromatic heterocycles. The summed E-state index contributed by atoms with van der Waals surface area (Å²) in [6.45, 7) is 0.795. The zero-order valence-electron chi connectivity index (χ0n) is 15.4. The van der Waals surface area contributed by atoms with Crippen LogP contribution in [0.1, 0.15) is 0 Å². The molecule has 4 nitrogen and oxygen atoms in total. The third-order valence-corrected chi connectivity index (χ3v) is 5.91. The summed E-state index contributed by atoms with van der Waals surface area (Å²) < 4.78 is 28.9. The van der Waals surface area contributed by atoms with Gasteiger partial charge < -0.3 is 9.64 Å². The van der Waals surface area contributed by atoms with E-state index >= 15 is 0 Å². The number of anilines is 1. The predicted molar refractivity (Wildman–Crippen MR) is 117 cm³/mol. The van der Waals surface area contributed by atoms with E-state index in [0.29, 0.717) is 0 Å². The minimum atomic E-state index is -3.72. The summed E-state index contributed by atoms with van der Waals surface area (Å²) in [4.78, 5) is 2.21. The van der Waals surface area contributed by atoms with Crippen LogP contribution in [0.2, 0.25) is 0 Å². The molecule has 0 saturated carbocycles. The number of halogens is 1. The van der Waals surface area contributed by atoms with Crippen LogP contribution in [0.3, 0.4) is 0 Å². The minimum Gasteiger partial charge on any atom is -0.455 e. The molecule has 1 aliphatic heterocycles. The molecule has 0 radical (unpaired) electrons. The third kappa shape index (κ3) is 4.53. The van der Waals surface area contributed by atoms with E-state index in [1.165, 1.54) is 12.1 Å². The van der Waals surface area contributed by atoms with Gasteiger partial charge in [0.25, 0.3) is 9.05 Å². The molecule has 1 aliphatic rings. The van der Waals surface area contributed by atoms with Gasteiger partial charge in [-0.25, -0.2) is 8.42 Å². The molecule has 0 saturated heterocycles. The number of benzene rings is 3. The number of hydrogen-bond donors (Lipinski definition) is 0. The van der Waals surface area contributed by atoms with Crippen molar-refractivity contribution in [1.82, 2.24) is 0 Å². The lowest BCUT2D eigenvalue weighted by atomic mass is 10.1. The first kappa shape index (κ1) is 19.3. The molecular weight excluding hydrogens is 406 g/mol. The van der Waals surface area contributed by atoms with Crippen molar-refractivity contribution >= 4 is 25.4 Å². The van der Waals surface area contributed by atoms with Crippen molar-refractivity contribution in [1.29, 1.82) is 0 Å². The van der Waals surface area contributed by atoms with Crippen molar-refractivity contribution in [3.05, 3.63) is 97.2 Å². The second-order valence-corrected chi connectivity index (χ2v) is 9.04. The number of hydrogen-bond acceptors (Lipinski definition) is 4. The van der Waals surface area contributed by atoms with Crippen molar-refractivity contribution in [2.45, 2.75) is 4.90 Å². The van der Waals surface area contributed by atoms with E-state index in [2.05, 4.69) is 11.0 Å². The van der Waals surface area contributed by atoms with Crippen LogP contribution in [0.5, 0.6) is 11.5 Å². The minimum absolute atomic E-state index is 0.0843. The Morgan fingerprint density at radius 2 is 1.48 bits per heavy atom. The summed E-state index contributed by atoms with van der Waals surface area (Å²) in [7, 11) is 1.65. The fourth-order valence-corrected chi connectivity index (χ4v) is 3.85. The number of para-hydroxylation sites is 2. The lowest BCUT2D eigenvalue weighted by Gasteiger charge is -2.23. The van der Waals surface area contributed by atoms with Gasteiger partial charge in [0.1, 0.15) is 5.75 Å². The molecule has 1 heterocycles. The molecule has 0 amide bonds. The molecule has 29 heavy (non-hydrogen) atoms. The van der Waals surface area contributed by atoms with Gasteiger partial charge in [0.2, 0.25) is 0 Å². The number of nitrogens with zero attached hydrogens (tertiary/aromatic N) is 1. The monoisotopic (exact) mass is 423 g/mol. The Morgan fingerprint density at radius 1 is 0.828 bits per heavy atom. The van der Waals surface area contributed by atoms with Gasteiger partial charge >= 0.3 is 0 Å². The molecule has 146 valence electrons. The summed E-state index contributed by atoms with van der Waals surface area (Å²) >= 11 is 0. The van der Waals surface area contributed by atoms with Crippen LogP contribution >= 0.6 is 10.7 Å². The summed E-state index contributed by atoms with van der Waals surface area (Å²) in [6.07, 6.45) is 8.13. The molecule has 3 aromatic carbocycles. The lowest BCUT2D eigenvalue weighted by Crippen LogP contribution is -2.17. The van der Waals surface area contributed by atoms with Gasteiger partial charge in [0.05, 0.1) is 10.6 Å². The Kier molecular flexibility index (Phi) is 5.43. The van der Waals surface area contributed by atoms with Gasteiger partial charge in [0, 0.05) is 23.4 Å². The topological polar surface area (TPSA) is 46.6 Å². The van der Waals surface area contributed by atoms with Crippen LogP contribution in [-0.4, -0.2) is 15.0 Å². The standard InChI is InChI=1S/C23H18ClNO3S/c24-29(26,27)21-14-10-19(11-15-21)18-8-12-20(13-9-18)28-23-7-3-2-6-22(23)25-16-4-1-5-17-25/h1-16H,17H2. The Labute approximate surface area is 174 Å². The summed E-state index contributed by atoms with van der Waals surface area (Å²) in [5.74, 6) is 1.49. The van der Waals surface area contributed by atoms with Gasteiger partial charge in [0.15, 0.2) is 5.75 Å². The van der Waals surface area contributed by atoms with Crippen LogP contribution in [0.25, 0.3) is 11.1 Å². The first-order valence-corrected chi connectivity index (χ1v) is 11.3. The highest BCUT2D eigenvalue weighted by atomic mass is 35.7. The highest BCUT2D eigenvalue weighted by Crippen LogP contribution is 2.34. The molecule has 0 atom stereocenters. The average Bonchev–Trinajstić information content (AvgIpc) is 2.75. The van der Waals surface area contributed by atoms with Crippen molar-refractivity contribution in [2.75, 3.05) is 11.4 Å². The van der Waals surface area contributed by atoms with E-state index in [1.807, 2.05) is 66.9 Å². The fourth-order valence-electron chi connectivity index (χ4n) is 3.08. The molecule has 0 unspecified atom stereocenters. The van der Waals surface area contributed by atoms with E-state index in [1.54, 1.807) is 12.1 Å². The summed E-state index contributed by atoms with van der Waals surface area (Å²) in [5.41, 5.74) is 2.84. The lowest BCUT2D eigenvalue weighted by molar-refractivity contribution is 0.483. The van der Waals surface area contributed by atoms with Crippen LogP contribution in [-0.2, 0) is 9.05 Å². The maximum Gasteiger partial charge on any atom is 0.261 e. The molecular formula is C23H18ClNO3S. The molecule has 4 rings (SSSR count). The molecule has 6 heteroatoms. The predicted octanol–water partition coefficient (Wildman–Crippen LogP) is 5.96. The van der Waals surface area contributed by atoms with Crippen LogP contribution in [0.4, 0.5) is 5.69 Å². The van der Waals surface area contributed by atoms with Crippen LogP contribution in [0, 0.1) is 0 Å². The van der Waals surface area contributed by atoms with Gasteiger partial charge in [-0.2, -0.15) is 0 Å². The molecule has 0 aliphatic carbocycles. The van der Waals surface area contributed by atoms with Gasteiger partial charge in [-0.15, -0.1) is 0 Å². The van der Waals surface area contributed by atoms with Crippen LogP contribution in [0.15, 0.2) is 102 Å². The first-order valence-electron chi connectivity index (χ1n) is 9.03. The fraction of sp³-hybridized carbons (Fsp3) is 0.0435. The second-order valence-electron chi connectivity index (χ2n) is 6.48. The Balaban J connectivity index is 1.54. The molecule has 0 bridgehead atoms. The Bertz CT molecular complexity index is 1170. The SMILES string of the molecule is O=S(=O)(Cl)c1ccc(-c2ccc(Oc3ccccc3N3C=CC=CC3)cc2)cc1. The van der Waals surface area contributed by atoms with Crippen molar-refractivity contribution in [2.24, 2.45) is 0 Å². The first-order chi connectivity index (χ1) is 14.0. The largest absolute Gasteiger partial charge is 0.455 e. The maximum atomic E-state index is 11.4. The summed E-state index contributed by atoms with van der Waals surface area (Å²) in [6, 6.07) is 22.0. The van der Waals surface area contributed by atoms with E-state index < -0.39 is 9.05 Å². The third-order valence-electron chi connectivity index (χ3n) is 4.54. The summed E-state index contributed by atoms with van der Waals surface area (Å²) in [5, 5.41) is 0. The van der Waals surface area contributed by atoms with Crippen molar-refractivity contribution in [3.63, 3.8) is 0 Å². The number of allylic oxidation sites excluding steroid dienone is 2. The van der Waals surface area contributed by atoms with Gasteiger partial charge in [-0.3, -0.25) is 0 Å². The normalized spacial score (nSPS) is 13.5. The molecule has 0 fully saturated rings.